The largest absolute Gasteiger partial charge is 0.433 e. The predicted octanol–water partition coefficient (Wildman–Crippen LogP) is 2.54. The molecule has 3 rings (SSSR count). The summed E-state index contributed by atoms with van der Waals surface area (Å²) in [5, 5.41) is 3.69. The lowest BCUT2D eigenvalue weighted by molar-refractivity contribution is -0.143. The van der Waals surface area contributed by atoms with Crippen molar-refractivity contribution >= 4 is 11.6 Å². The second-order valence-corrected chi connectivity index (χ2v) is 5.79. The van der Waals surface area contributed by atoms with E-state index in [1.807, 2.05) is 4.90 Å². The molecule has 0 N–H and O–H groups in total. The molecule has 2 heterocycles. The Morgan fingerprint density at radius 3 is 2.20 bits per heavy atom. The number of amides is 1. The molecule has 5 nitrogen and oxygen atoms in total. The zero-order chi connectivity index (χ0) is 18.2. The van der Waals surface area contributed by atoms with Crippen LogP contribution in [-0.4, -0.2) is 46.8 Å². The highest BCUT2D eigenvalue weighted by Crippen LogP contribution is 2.29. The lowest BCUT2D eigenvalue weighted by Crippen LogP contribution is -2.48. The maximum Gasteiger partial charge on any atom is 0.433 e. The van der Waals surface area contributed by atoms with Gasteiger partial charge < -0.3 is 9.80 Å². The minimum absolute atomic E-state index is 0.218. The monoisotopic (exact) mass is 356 g/mol. The molecule has 1 aromatic carbocycles. The lowest BCUT2D eigenvalue weighted by Gasteiger charge is -2.35. The van der Waals surface area contributed by atoms with E-state index in [4.69, 9.17) is 0 Å². The summed E-state index contributed by atoms with van der Waals surface area (Å²) in [5.74, 6) is -0.849. The summed E-state index contributed by atoms with van der Waals surface area (Å²) in [6.07, 6.45) is -4.55. The van der Waals surface area contributed by atoms with Gasteiger partial charge in [-0.25, -0.2) is 4.39 Å². The number of hydrogen-bond donors (Lipinski definition) is 0. The fourth-order valence-electron chi connectivity index (χ4n) is 2.82. The van der Waals surface area contributed by atoms with Crippen LogP contribution >= 0.6 is 0 Å². The van der Waals surface area contributed by atoms with Gasteiger partial charge in [-0.2, -0.15) is 18.3 Å². The fourth-order valence-corrected chi connectivity index (χ4v) is 2.82. The zero-order valence-electron chi connectivity index (χ0n) is 13.4. The second-order valence-electron chi connectivity index (χ2n) is 5.79. The molecule has 0 aliphatic carbocycles. The second kappa shape index (κ2) is 6.38. The maximum absolute atomic E-state index is 13.0. The van der Waals surface area contributed by atoms with Crippen LogP contribution in [0.5, 0.6) is 0 Å². The van der Waals surface area contributed by atoms with Gasteiger partial charge in [0, 0.05) is 45.0 Å². The number of halogens is 4. The number of carbonyl (C=O) groups is 1. The van der Waals surface area contributed by atoms with Crippen LogP contribution in [0.1, 0.15) is 16.2 Å². The van der Waals surface area contributed by atoms with Gasteiger partial charge in [0.2, 0.25) is 0 Å². The van der Waals surface area contributed by atoms with Crippen molar-refractivity contribution in [2.75, 3.05) is 31.1 Å². The third kappa shape index (κ3) is 3.59. The molecule has 0 spiro atoms. The Balaban J connectivity index is 1.67. The molecule has 9 heteroatoms. The quantitative estimate of drug-likeness (QED) is 0.777. The molecule has 1 aliphatic heterocycles. The number of rotatable bonds is 2. The van der Waals surface area contributed by atoms with Crippen LogP contribution in [0.15, 0.2) is 30.3 Å². The van der Waals surface area contributed by atoms with Crippen molar-refractivity contribution in [3.05, 3.63) is 47.5 Å². The van der Waals surface area contributed by atoms with Gasteiger partial charge in [-0.05, 0) is 24.3 Å². The lowest BCUT2D eigenvalue weighted by atomic mass is 10.2. The van der Waals surface area contributed by atoms with Gasteiger partial charge in [-0.3, -0.25) is 9.48 Å². The van der Waals surface area contributed by atoms with Gasteiger partial charge in [0.1, 0.15) is 11.5 Å². The number of carbonyl (C=O) groups excluding carboxylic acids is 1. The minimum atomic E-state index is -4.55. The van der Waals surface area contributed by atoms with E-state index in [0.29, 0.717) is 30.9 Å². The first-order valence-electron chi connectivity index (χ1n) is 7.67. The van der Waals surface area contributed by atoms with E-state index in [0.717, 1.165) is 18.8 Å². The summed E-state index contributed by atoms with van der Waals surface area (Å²) in [5.41, 5.74) is -0.337. The van der Waals surface area contributed by atoms with Gasteiger partial charge in [0.25, 0.3) is 5.91 Å². The molecule has 0 bridgehead atoms. The third-order valence-electron chi connectivity index (χ3n) is 4.15. The van der Waals surface area contributed by atoms with E-state index in [1.165, 1.54) is 17.0 Å². The SMILES string of the molecule is Cn1nc(C(=O)N2CCN(c3ccc(F)cc3)CC2)cc1C(F)(F)F. The van der Waals surface area contributed by atoms with Crippen LogP contribution in [0, 0.1) is 5.82 Å². The number of benzene rings is 1. The summed E-state index contributed by atoms with van der Waals surface area (Å²) in [6.45, 7) is 1.73. The molecule has 1 amide bonds. The average molecular weight is 356 g/mol. The molecule has 0 atom stereocenters. The molecule has 0 unspecified atom stereocenters. The van der Waals surface area contributed by atoms with Crippen LogP contribution in [0.25, 0.3) is 0 Å². The number of aromatic nitrogens is 2. The molecule has 2 aromatic rings. The van der Waals surface area contributed by atoms with Crippen molar-refractivity contribution in [3.63, 3.8) is 0 Å². The molecule has 0 radical (unpaired) electrons. The summed E-state index contributed by atoms with van der Waals surface area (Å²) in [7, 11) is 1.16. The standard InChI is InChI=1S/C16H16F4N4O/c1-22-14(16(18,19)20)10-13(21-22)15(25)24-8-6-23(7-9-24)12-4-2-11(17)3-5-12/h2-5,10H,6-9H2,1H3. The van der Waals surface area contributed by atoms with Crippen LogP contribution in [0.3, 0.4) is 0 Å². The molecular formula is C16H16F4N4O. The number of nitrogens with zero attached hydrogens (tertiary/aromatic N) is 4. The molecule has 1 saturated heterocycles. The number of anilines is 1. The molecule has 25 heavy (non-hydrogen) atoms. The first-order valence-corrected chi connectivity index (χ1v) is 7.67. The van der Waals surface area contributed by atoms with Crippen LogP contribution < -0.4 is 4.90 Å². The normalized spacial score (nSPS) is 15.6. The van der Waals surface area contributed by atoms with Gasteiger partial charge in [0.15, 0.2) is 5.69 Å². The molecule has 1 fully saturated rings. The third-order valence-corrected chi connectivity index (χ3v) is 4.15. The Morgan fingerprint density at radius 1 is 1.08 bits per heavy atom. The van der Waals surface area contributed by atoms with E-state index in [9.17, 15) is 22.4 Å². The number of piperazine rings is 1. The van der Waals surface area contributed by atoms with Crippen LogP contribution in [-0.2, 0) is 13.2 Å². The Kier molecular flexibility index (Phi) is 4.40. The maximum atomic E-state index is 13.0. The fraction of sp³-hybridized carbons (Fsp3) is 0.375. The van der Waals surface area contributed by atoms with Crippen molar-refractivity contribution in [1.82, 2.24) is 14.7 Å². The number of aryl methyl sites for hydroxylation is 1. The van der Waals surface area contributed by atoms with Crippen molar-refractivity contribution in [2.45, 2.75) is 6.18 Å². The number of hydrogen-bond acceptors (Lipinski definition) is 3. The summed E-state index contributed by atoms with van der Waals surface area (Å²) in [4.78, 5) is 15.9. The molecule has 0 saturated carbocycles. The van der Waals surface area contributed by atoms with Crippen LogP contribution in [0.4, 0.5) is 23.2 Å². The highest BCUT2D eigenvalue weighted by Gasteiger charge is 2.36. The zero-order valence-corrected chi connectivity index (χ0v) is 13.4. The summed E-state index contributed by atoms with van der Waals surface area (Å²) >= 11 is 0. The Hall–Kier alpha value is -2.58. The van der Waals surface area contributed by atoms with Crippen molar-refractivity contribution in [1.29, 1.82) is 0 Å². The molecule has 1 aliphatic rings. The topological polar surface area (TPSA) is 41.4 Å². The summed E-state index contributed by atoms with van der Waals surface area (Å²) in [6, 6.07) is 6.80. The highest BCUT2D eigenvalue weighted by molar-refractivity contribution is 5.92. The van der Waals surface area contributed by atoms with E-state index >= 15 is 0 Å². The van der Waals surface area contributed by atoms with E-state index in [1.54, 1.807) is 12.1 Å². The first-order chi connectivity index (χ1) is 11.8. The minimum Gasteiger partial charge on any atom is -0.368 e. The molecular weight excluding hydrogens is 340 g/mol. The van der Waals surface area contributed by atoms with Gasteiger partial charge >= 0.3 is 6.18 Å². The number of alkyl halides is 3. The summed E-state index contributed by atoms with van der Waals surface area (Å²) < 4.78 is 52.1. The Morgan fingerprint density at radius 2 is 1.68 bits per heavy atom. The van der Waals surface area contributed by atoms with E-state index in [-0.39, 0.29) is 11.5 Å². The van der Waals surface area contributed by atoms with E-state index in [2.05, 4.69) is 5.10 Å². The van der Waals surface area contributed by atoms with Crippen molar-refractivity contribution in [3.8, 4) is 0 Å². The first kappa shape index (κ1) is 17.2. The average Bonchev–Trinajstić information content (AvgIpc) is 2.97. The van der Waals surface area contributed by atoms with Crippen molar-refractivity contribution < 1.29 is 22.4 Å². The molecule has 134 valence electrons. The van der Waals surface area contributed by atoms with Gasteiger partial charge in [-0.15, -0.1) is 0 Å². The highest BCUT2D eigenvalue weighted by atomic mass is 19.4. The molecule has 1 aromatic heterocycles. The van der Waals surface area contributed by atoms with Crippen LogP contribution in [0.2, 0.25) is 0 Å². The van der Waals surface area contributed by atoms with Crippen molar-refractivity contribution in [2.24, 2.45) is 7.05 Å². The van der Waals surface area contributed by atoms with Gasteiger partial charge in [0.05, 0.1) is 0 Å². The predicted molar refractivity (Wildman–Crippen MR) is 82.7 cm³/mol. The Labute approximate surface area is 141 Å². The van der Waals surface area contributed by atoms with E-state index < -0.39 is 17.8 Å². The Bertz CT molecular complexity index is 761. The smallest absolute Gasteiger partial charge is 0.368 e. The van der Waals surface area contributed by atoms with Gasteiger partial charge in [-0.1, -0.05) is 0 Å².